The number of H-pyrrole nitrogens is 1. The number of likely N-dealkylation sites (tertiary alicyclic amines) is 1. The van der Waals surface area contributed by atoms with E-state index in [1.807, 2.05) is 6.92 Å². The molecule has 6 heteroatoms. The van der Waals surface area contributed by atoms with Crippen LogP contribution in [0.1, 0.15) is 31.2 Å². The molecule has 1 aliphatic rings. The number of para-hydroxylation sites is 1. The van der Waals surface area contributed by atoms with E-state index in [-0.39, 0.29) is 0 Å². The molecule has 1 aromatic heterocycles. The van der Waals surface area contributed by atoms with Crippen molar-refractivity contribution in [2.24, 2.45) is 0 Å². The second-order valence-electron chi connectivity index (χ2n) is 6.61. The number of aromatic amines is 1. The van der Waals surface area contributed by atoms with Gasteiger partial charge < -0.3 is 9.88 Å². The molecule has 2 heterocycles. The molecule has 0 amide bonds. The average Bonchev–Trinajstić information content (AvgIpc) is 3.07. The summed E-state index contributed by atoms with van der Waals surface area (Å²) in [5.74, 6) is 0.576. The fourth-order valence-corrected chi connectivity index (χ4v) is 4.63. The third kappa shape index (κ3) is 3.97. The zero-order valence-electron chi connectivity index (χ0n) is 14.8. The lowest BCUT2D eigenvalue weighted by molar-refractivity contribution is 0.201. The van der Waals surface area contributed by atoms with Crippen LogP contribution in [-0.2, 0) is 10.0 Å². The van der Waals surface area contributed by atoms with Gasteiger partial charge in [-0.2, -0.15) is 4.31 Å². The highest BCUT2D eigenvalue weighted by Crippen LogP contribution is 2.32. The summed E-state index contributed by atoms with van der Waals surface area (Å²) in [4.78, 5) is 5.74. The van der Waals surface area contributed by atoms with Crippen LogP contribution in [0.5, 0.6) is 0 Å². The summed E-state index contributed by atoms with van der Waals surface area (Å²) < 4.78 is 25.3. The molecule has 1 fully saturated rings. The van der Waals surface area contributed by atoms with Gasteiger partial charge in [-0.3, -0.25) is 0 Å². The number of hydrogen-bond donors (Lipinski definition) is 1. The molecule has 0 unspecified atom stereocenters. The first-order valence-electron chi connectivity index (χ1n) is 8.96. The van der Waals surface area contributed by atoms with E-state index < -0.39 is 10.0 Å². The van der Waals surface area contributed by atoms with Crippen LogP contribution >= 0.6 is 0 Å². The smallest absolute Gasteiger partial charge is 0.235 e. The van der Waals surface area contributed by atoms with Crippen molar-refractivity contribution >= 4 is 20.9 Å². The predicted octanol–water partition coefficient (Wildman–Crippen LogP) is 3.14. The summed E-state index contributed by atoms with van der Waals surface area (Å²) >= 11 is 0. The Morgan fingerprint density at radius 1 is 1.32 bits per heavy atom. The highest BCUT2D eigenvalue weighted by atomic mass is 32.2. The van der Waals surface area contributed by atoms with Gasteiger partial charge in [0.1, 0.15) is 0 Å². The zero-order chi connectivity index (χ0) is 17.9. The normalized spacial score (nSPS) is 17.4. The minimum atomic E-state index is -3.32. The van der Waals surface area contributed by atoms with Gasteiger partial charge in [-0.1, -0.05) is 31.7 Å². The quantitative estimate of drug-likeness (QED) is 0.824. The average molecular weight is 362 g/mol. The lowest BCUT2D eigenvalue weighted by atomic mass is 9.89. The van der Waals surface area contributed by atoms with Crippen molar-refractivity contribution in [1.82, 2.24) is 14.2 Å². The first kappa shape index (κ1) is 18.2. The van der Waals surface area contributed by atoms with Crippen molar-refractivity contribution in [3.63, 3.8) is 0 Å². The van der Waals surface area contributed by atoms with Gasteiger partial charge in [-0.25, -0.2) is 8.42 Å². The van der Waals surface area contributed by atoms with Gasteiger partial charge >= 0.3 is 0 Å². The molecule has 0 aliphatic carbocycles. The molecule has 0 atom stereocenters. The van der Waals surface area contributed by atoms with E-state index in [4.69, 9.17) is 0 Å². The SMILES string of the molecule is C=CS(=O)(=O)N(CC)CCN1CCC(c2c[nH]c3ccccc23)CC1. The number of aromatic nitrogens is 1. The molecular formula is C19H27N3O2S. The Balaban J connectivity index is 1.56. The second-order valence-corrected chi connectivity index (χ2v) is 8.49. The number of likely N-dealkylation sites (N-methyl/N-ethyl adjacent to an activating group) is 1. The van der Waals surface area contributed by atoms with Crippen LogP contribution in [0.2, 0.25) is 0 Å². The van der Waals surface area contributed by atoms with E-state index in [9.17, 15) is 8.42 Å². The van der Waals surface area contributed by atoms with Gasteiger partial charge in [0.2, 0.25) is 10.0 Å². The molecule has 0 bridgehead atoms. The number of nitrogens with zero attached hydrogens (tertiary/aromatic N) is 2. The van der Waals surface area contributed by atoms with Crippen LogP contribution in [0.3, 0.4) is 0 Å². The molecule has 25 heavy (non-hydrogen) atoms. The van der Waals surface area contributed by atoms with Crippen LogP contribution < -0.4 is 0 Å². The third-order valence-electron chi connectivity index (χ3n) is 5.24. The van der Waals surface area contributed by atoms with E-state index in [1.54, 1.807) is 0 Å². The highest BCUT2D eigenvalue weighted by molar-refractivity contribution is 7.92. The van der Waals surface area contributed by atoms with Crippen molar-refractivity contribution in [1.29, 1.82) is 0 Å². The monoisotopic (exact) mass is 361 g/mol. The van der Waals surface area contributed by atoms with Gasteiger partial charge in [0.25, 0.3) is 0 Å². The van der Waals surface area contributed by atoms with Gasteiger partial charge in [0, 0.05) is 42.1 Å². The lowest BCUT2D eigenvalue weighted by Gasteiger charge is -2.33. The molecule has 3 rings (SSSR count). The Kier molecular flexibility index (Phi) is 5.61. The maximum absolute atomic E-state index is 11.9. The van der Waals surface area contributed by atoms with Crippen LogP contribution in [0.15, 0.2) is 42.4 Å². The van der Waals surface area contributed by atoms with Crippen molar-refractivity contribution < 1.29 is 8.42 Å². The van der Waals surface area contributed by atoms with Crippen LogP contribution in [0.4, 0.5) is 0 Å². The Morgan fingerprint density at radius 2 is 2.04 bits per heavy atom. The summed E-state index contributed by atoms with van der Waals surface area (Å²) in [6, 6.07) is 8.45. The first-order chi connectivity index (χ1) is 12.0. The zero-order valence-corrected chi connectivity index (χ0v) is 15.6. The molecule has 5 nitrogen and oxygen atoms in total. The van der Waals surface area contributed by atoms with E-state index >= 15 is 0 Å². The fourth-order valence-electron chi connectivity index (χ4n) is 3.72. The Morgan fingerprint density at radius 3 is 2.72 bits per heavy atom. The van der Waals surface area contributed by atoms with Crippen molar-refractivity contribution in [3.05, 3.63) is 48.0 Å². The summed E-state index contributed by atoms with van der Waals surface area (Å²) in [7, 11) is -3.32. The topological polar surface area (TPSA) is 56.4 Å². The van der Waals surface area contributed by atoms with E-state index in [2.05, 4.69) is 46.9 Å². The molecule has 2 aromatic rings. The van der Waals surface area contributed by atoms with Crippen molar-refractivity contribution in [3.8, 4) is 0 Å². The molecule has 0 radical (unpaired) electrons. The number of fused-ring (bicyclic) bond motifs is 1. The van der Waals surface area contributed by atoms with Gasteiger partial charge in [0.15, 0.2) is 0 Å². The highest BCUT2D eigenvalue weighted by Gasteiger charge is 2.24. The number of benzene rings is 1. The minimum absolute atomic E-state index is 0.486. The van der Waals surface area contributed by atoms with Gasteiger partial charge in [0.05, 0.1) is 0 Å². The Labute approximate surface area is 150 Å². The standard InChI is InChI=1S/C19H27N3O2S/c1-3-22(25(23,24)4-2)14-13-21-11-9-16(10-12-21)18-15-20-19-8-6-5-7-17(18)19/h4-8,15-16,20H,2-3,9-14H2,1H3. The number of sulfonamides is 1. The largest absolute Gasteiger partial charge is 0.361 e. The molecule has 1 aromatic carbocycles. The minimum Gasteiger partial charge on any atom is -0.361 e. The van der Waals surface area contributed by atoms with E-state index in [1.165, 1.54) is 20.8 Å². The van der Waals surface area contributed by atoms with Crippen LogP contribution in [-0.4, -0.2) is 55.3 Å². The Bertz CT molecular complexity index is 820. The Hall–Kier alpha value is -1.63. The molecule has 0 saturated carbocycles. The maximum Gasteiger partial charge on any atom is 0.235 e. The molecule has 0 spiro atoms. The summed E-state index contributed by atoms with van der Waals surface area (Å²) in [5, 5.41) is 2.37. The number of nitrogens with one attached hydrogen (secondary N) is 1. The van der Waals surface area contributed by atoms with Gasteiger partial charge in [-0.05, 0) is 43.5 Å². The van der Waals surface area contributed by atoms with E-state index in [0.29, 0.717) is 19.0 Å². The first-order valence-corrected chi connectivity index (χ1v) is 10.5. The fraction of sp³-hybridized carbons (Fsp3) is 0.474. The molecule has 1 aliphatic heterocycles. The molecule has 1 N–H and O–H groups in total. The number of piperidine rings is 1. The summed E-state index contributed by atoms with van der Waals surface area (Å²) in [6.45, 7) is 9.09. The van der Waals surface area contributed by atoms with Crippen LogP contribution in [0, 0.1) is 0 Å². The van der Waals surface area contributed by atoms with Gasteiger partial charge in [-0.15, -0.1) is 0 Å². The molecular weight excluding hydrogens is 334 g/mol. The maximum atomic E-state index is 11.9. The predicted molar refractivity (Wildman–Crippen MR) is 103 cm³/mol. The third-order valence-corrected chi connectivity index (χ3v) is 6.82. The summed E-state index contributed by atoms with van der Waals surface area (Å²) in [5.41, 5.74) is 2.62. The second kappa shape index (κ2) is 7.72. The number of rotatable bonds is 7. The summed E-state index contributed by atoms with van der Waals surface area (Å²) in [6.07, 6.45) is 4.38. The van der Waals surface area contributed by atoms with Crippen molar-refractivity contribution in [2.45, 2.75) is 25.7 Å². The molecule has 1 saturated heterocycles. The van der Waals surface area contributed by atoms with E-state index in [0.717, 1.165) is 37.9 Å². The van der Waals surface area contributed by atoms with Crippen LogP contribution in [0.25, 0.3) is 10.9 Å². The molecule has 136 valence electrons. The number of hydrogen-bond acceptors (Lipinski definition) is 3. The lowest BCUT2D eigenvalue weighted by Crippen LogP contribution is -2.40. The van der Waals surface area contributed by atoms with Crippen molar-refractivity contribution in [2.75, 3.05) is 32.7 Å².